The van der Waals surface area contributed by atoms with Gasteiger partial charge in [0.15, 0.2) is 0 Å². The Kier molecular flexibility index (Phi) is 4.05. The molecule has 2 rings (SSSR count). The van der Waals surface area contributed by atoms with Gasteiger partial charge in [-0.2, -0.15) is 0 Å². The lowest BCUT2D eigenvalue weighted by Crippen LogP contribution is -2.18. The highest BCUT2D eigenvalue weighted by atomic mass is 16.3. The summed E-state index contributed by atoms with van der Waals surface area (Å²) in [5, 5.41) is 10.0. The van der Waals surface area contributed by atoms with Crippen LogP contribution in [-0.2, 0) is 6.54 Å². The van der Waals surface area contributed by atoms with Crippen LogP contribution in [0.5, 0.6) is 0 Å². The summed E-state index contributed by atoms with van der Waals surface area (Å²) >= 11 is 0. The van der Waals surface area contributed by atoms with Crippen LogP contribution in [0.15, 0.2) is 47.1 Å². The third-order valence-electron chi connectivity index (χ3n) is 3.07. The molecule has 2 aromatic rings. The van der Waals surface area contributed by atoms with E-state index in [0.29, 0.717) is 13.0 Å². The summed E-state index contributed by atoms with van der Waals surface area (Å²) < 4.78 is 5.35. The van der Waals surface area contributed by atoms with E-state index in [2.05, 4.69) is 4.90 Å². The summed E-state index contributed by atoms with van der Waals surface area (Å²) in [6.07, 6.45) is 1.97. The van der Waals surface area contributed by atoms with Gasteiger partial charge in [0, 0.05) is 18.3 Å². The third-order valence-corrected chi connectivity index (χ3v) is 3.07. The molecule has 1 atom stereocenters. The summed E-state index contributed by atoms with van der Waals surface area (Å²) in [6, 6.07) is 11.8. The number of benzene rings is 1. The summed E-state index contributed by atoms with van der Waals surface area (Å²) in [5.41, 5.74) is 2.01. The standard InChI is InChI=1S/C15H19NO2/c1-3-15(17)13-8-4-5-9-14(13)16(2)11-12-7-6-10-18-12/h4-10,15,17H,3,11H2,1-2H3/t15-/m1/s1. The van der Waals surface area contributed by atoms with E-state index in [0.717, 1.165) is 17.0 Å². The van der Waals surface area contributed by atoms with E-state index < -0.39 is 6.10 Å². The van der Waals surface area contributed by atoms with Crippen molar-refractivity contribution in [3.63, 3.8) is 0 Å². The van der Waals surface area contributed by atoms with E-state index in [-0.39, 0.29) is 0 Å². The van der Waals surface area contributed by atoms with Crippen LogP contribution in [0.2, 0.25) is 0 Å². The summed E-state index contributed by atoms with van der Waals surface area (Å²) in [4.78, 5) is 2.09. The molecule has 3 nitrogen and oxygen atoms in total. The van der Waals surface area contributed by atoms with Crippen molar-refractivity contribution in [2.45, 2.75) is 26.0 Å². The molecular formula is C15H19NO2. The molecule has 96 valence electrons. The molecule has 3 heteroatoms. The van der Waals surface area contributed by atoms with Crippen molar-refractivity contribution in [3.05, 3.63) is 54.0 Å². The average molecular weight is 245 g/mol. The van der Waals surface area contributed by atoms with Gasteiger partial charge >= 0.3 is 0 Å². The van der Waals surface area contributed by atoms with Crippen LogP contribution in [0.1, 0.15) is 30.8 Å². The van der Waals surface area contributed by atoms with Crippen LogP contribution in [0.3, 0.4) is 0 Å². The quantitative estimate of drug-likeness (QED) is 0.877. The van der Waals surface area contributed by atoms with Crippen molar-refractivity contribution in [2.24, 2.45) is 0 Å². The monoisotopic (exact) mass is 245 g/mol. The number of aliphatic hydroxyl groups is 1. The van der Waals surface area contributed by atoms with Gasteiger partial charge in [-0.15, -0.1) is 0 Å². The summed E-state index contributed by atoms with van der Waals surface area (Å²) in [6.45, 7) is 2.68. The van der Waals surface area contributed by atoms with Crippen LogP contribution in [0.4, 0.5) is 5.69 Å². The van der Waals surface area contributed by atoms with Gasteiger partial charge in [0.1, 0.15) is 5.76 Å². The predicted octanol–water partition coefficient (Wildman–Crippen LogP) is 3.36. The second-order valence-electron chi connectivity index (χ2n) is 4.42. The van der Waals surface area contributed by atoms with E-state index in [9.17, 15) is 5.11 Å². The number of furan rings is 1. The fourth-order valence-electron chi connectivity index (χ4n) is 2.06. The number of aliphatic hydroxyl groups excluding tert-OH is 1. The van der Waals surface area contributed by atoms with E-state index in [4.69, 9.17) is 4.42 Å². The highest BCUT2D eigenvalue weighted by Crippen LogP contribution is 2.28. The Morgan fingerprint density at radius 2 is 2.00 bits per heavy atom. The van der Waals surface area contributed by atoms with Gasteiger partial charge in [0.05, 0.1) is 18.9 Å². The average Bonchev–Trinajstić information content (AvgIpc) is 2.90. The second-order valence-corrected chi connectivity index (χ2v) is 4.42. The maximum Gasteiger partial charge on any atom is 0.123 e. The largest absolute Gasteiger partial charge is 0.467 e. The molecule has 0 saturated heterocycles. The van der Waals surface area contributed by atoms with Gasteiger partial charge in [0.2, 0.25) is 0 Å². The first-order chi connectivity index (χ1) is 8.72. The maximum atomic E-state index is 10.0. The molecular weight excluding hydrogens is 226 g/mol. The van der Waals surface area contributed by atoms with Gasteiger partial charge in [-0.3, -0.25) is 0 Å². The van der Waals surface area contributed by atoms with Crippen molar-refractivity contribution >= 4 is 5.69 Å². The minimum absolute atomic E-state index is 0.416. The fraction of sp³-hybridized carbons (Fsp3) is 0.333. The number of hydrogen-bond acceptors (Lipinski definition) is 3. The molecule has 0 aliphatic heterocycles. The van der Waals surface area contributed by atoms with Crippen LogP contribution in [0.25, 0.3) is 0 Å². The minimum atomic E-state index is -0.416. The zero-order chi connectivity index (χ0) is 13.0. The zero-order valence-electron chi connectivity index (χ0n) is 10.8. The molecule has 1 heterocycles. The summed E-state index contributed by atoms with van der Waals surface area (Å²) in [5.74, 6) is 0.915. The highest BCUT2D eigenvalue weighted by Gasteiger charge is 2.13. The molecule has 1 N–H and O–H groups in total. The Morgan fingerprint density at radius 3 is 2.67 bits per heavy atom. The minimum Gasteiger partial charge on any atom is -0.467 e. The number of anilines is 1. The van der Waals surface area contributed by atoms with Gasteiger partial charge in [-0.05, 0) is 24.6 Å². The molecule has 0 fully saturated rings. The van der Waals surface area contributed by atoms with Gasteiger partial charge in [-0.1, -0.05) is 25.1 Å². The van der Waals surface area contributed by atoms with Crippen molar-refractivity contribution in [3.8, 4) is 0 Å². The summed E-state index contributed by atoms with van der Waals surface area (Å²) in [7, 11) is 2.00. The molecule has 0 radical (unpaired) electrons. The van der Waals surface area contributed by atoms with Crippen molar-refractivity contribution < 1.29 is 9.52 Å². The fourth-order valence-corrected chi connectivity index (χ4v) is 2.06. The Balaban J connectivity index is 2.21. The van der Waals surface area contributed by atoms with Crippen LogP contribution >= 0.6 is 0 Å². The van der Waals surface area contributed by atoms with Crippen LogP contribution < -0.4 is 4.90 Å². The molecule has 0 aliphatic rings. The maximum absolute atomic E-state index is 10.0. The molecule has 0 aliphatic carbocycles. The lowest BCUT2D eigenvalue weighted by atomic mass is 10.0. The number of para-hydroxylation sites is 1. The lowest BCUT2D eigenvalue weighted by molar-refractivity contribution is 0.174. The number of nitrogens with zero attached hydrogens (tertiary/aromatic N) is 1. The Morgan fingerprint density at radius 1 is 1.22 bits per heavy atom. The number of hydrogen-bond donors (Lipinski definition) is 1. The Hall–Kier alpha value is -1.74. The molecule has 0 saturated carbocycles. The predicted molar refractivity (Wildman–Crippen MR) is 72.5 cm³/mol. The number of rotatable bonds is 5. The van der Waals surface area contributed by atoms with Crippen molar-refractivity contribution in [1.29, 1.82) is 0 Å². The molecule has 1 aromatic heterocycles. The Labute approximate surface area is 108 Å². The Bertz CT molecular complexity index is 479. The van der Waals surface area contributed by atoms with Crippen LogP contribution in [-0.4, -0.2) is 12.2 Å². The SMILES string of the molecule is CC[C@@H](O)c1ccccc1N(C)Cc1ccco1. The highest BCUT2D eigenvalue weighted by molar-refractivity contribution is 5.54. The molecule has 1 aromatic carbocycles. The van der Waals surface area contributed by atoms with E-state index in [1.54, 1.807) is 6.26 Å². The van der Waals surface area contributed by atoms with E-state index >= 15 is 0 Å². The molecule has 18 heavy (non-hydrogen) atoms. The first kappa shape index (κ1) is 12.7. The van der Waals surface area contributed by atoms with E-state index in [1.807, 2.05) is 50.4 Å². The molecule has 0 bridgehead atoms. The normalized spacial score (nSPS) is 12.4. The van der Waals surface area contributed by atoms with Gasteiger partial charge in [-0.25, -0.2) is 0 Å². The second kappa shape index (κ2) is 5.74. The smallest absolute Gasteiger partial charge is 0.123 e. The van der Waals surface area contributed by atoms with Gasteiger partial charge < -0.3 is 14.4 Å². The van der Waals surface area contributed by atoms with Crippen molar-refractivity contribution in [2.75, 3.05) is 11.9 Å². The van der Waals surface area contributed by atoms with Crippen molar-refractivity contribution in [1.82, 2.24) is 0 Å². The lowest BCUT2D eigenvalue weighted by Gasteiger charge is -2.23. The molecule has 0 amide bonds. The molecule has 0 spiro atoms. The first-order valence-corrected chi connectivity index (χ1v) is 6.23. The van der Waals surface area contributed by atoms with Gasteiger partial charge in [0.25, 0.3) is 0 Å². The third kappa shape index (κ3) is 2.74. The van der Waals surface area contributed by atoms with Crippen LogP contribution in [0, 0.1) is 0 Å². The van der Waals surface area contributed by atoms with E-state index in [1.165, 1.54) is 0 Å². The first-order valence-electron chi connectivity index (χ1n) is 6.23. The molecule has 0 unspecified atom stereocenters. The topological polar surface area (TPSA) is 36.6 Å². The zero-order valence-corrected chi connectivity index (χ0v) is 10.8.